The summed E-state index contributed by atoms with van der Waals surface area (Å²) >= 11 is 11.8. The van der Waals surface area contributed by atoms with Crippen molar-refractivity contribution in [1.29, 1.82) is 0 Å². The number of benzene rings is 2. The van der Waals surface area contributed by atoms with Gasteiger partial charge < -0.3 is 20.4 Å². The van der Waals surface area contributed by atoms with Gasteiger partial charge in [0, 0.05) is 43.8 Å². The van der Waals surface area contributed by atoms with Gasteiger partial charge in [-0.1, -0.05) is 61.0 Å². The molecular formula is C26H29ClN6S. The number of nitrogens with one attached hydrogen (secondary N) is 2. The van der Waals surface area contributed by atoms with E-state index in [9.17, 15) is 0 Å². The van der Waals surface area contributed by atoms with Gasteiger partial charge in [-0.15, -0.1) is 0 Å². The van der Waals surface area contributed by atoms with Gasteiger partial charge in [0.05, 0.1) is 0 Å². The van der Waals surface area contributed by atoms with Gasteiger partial charge in [0.2, 0.25) is 5.95 Å². The number of fused-ring (bicyclic) bond motifs is 1. The van der Waals surface area contributed by atoms with E-state index in [0.717, 1.165) is 43.4 Å². The molecule has 3 heterocycles. The third-order valence-corrected chi connectivity index (χ3v) is 7.08. The zero-order chi connectivity index (χ0) is 23.5. The van der Waals surface area contributed by atoms with E-state index < -0.39 is 0 Å². The van der Waals surface area contributed by atoms with Gasteiger partial charge >= 0.3 is 0 Å². The lowest BCUT2D eigenvalue weighted by Gasteiger charge is -2.32. The van der Waals surface area contributed by atoms with Gasteiger partial charge in [-0.25, -0.2) is 0 Å². The molecule has 1 fully saturated rings. The molecule has 1 atom stereocenters. The Balaban J connectivity index is 1.36. The minimum absolute atomic E-state index is 0.472. The summed E-state index contributed by atoms with van der Waals surface area (Å²) in [6.45, 7) is 6.54. The maximum atomic E-state index is 6.28. The SMILES string of the molecule is C[C@H]1CCCN(c2cc(N3Cc4ccccc4C3)nc(NC(=S)NCc3ccccc3Cl)n2)C1. The number of rotatable bonds is 5. The predicted molar refractivity (Wildman–Crippen MR) is 143 cm³/mol. The lowest BCUT2D eigenvalue weighted by Crippen LogP contribution is -2.35. The van der Waals surface area contributed by atoms with Crippen molar-refractivity contribution in [1.82, 2.24) is 15.3 Å². The molecule has 0 unspecified atom stereocenters. The summed E-state index contributed by atoms with van der Waals surface area (Å²) in [7, 11) is 0. The smallest absolute Gasteiger partial charge is 0.232 e. The minimum Gasteiger partial charge on any atom is -0.358 e. The summed E-state index contributed by atoms with van der Waals surface area (Å²) in [5, 5.41) is 7.62. The largest absolute Gasteiger partial charge is 0.358 e. The number of halogens is 1. The third-order valence-electron chi connectivity index (χ3n) is 6.47. The zero-order valence-corrected chi connectivity index (χ0v) is 20.9. The van der Waals surface area contributed by atoms with Gasteiger partial charge in [0.15, 0.2) is 5.11 Å². The van der Waals surface area contributed by atoms with Crippen LogP contribution in [-0.4, -0.2) is 28.2 Å². The van der Waals surface area contributed by atoms with Gasteiger partial charge in [0.1, 0.15) is 11.6 Å². The summed E-state index contributed by atoms with van der Waals surface area (Å²) in [5.74, 6) is 3.02. The van der Waals surface area contributed by atoms with Crippen molar-refractivity contribution in [2.24, 2.45) is 5.92 Å². The highest BCUT2D eigenvalue weighted by atomic mass is 35.5. The number of piperidine rings is 1. The van der Waals surface area contributed by atoms with Crippen LogP contribution in [0, 0.1) is 5.92 Å². The molecule has 0 saturated carbocycles. The van der Waals surface area contributed by atoms with E-state index in [1.165, 1.54) is 24.0 Å². The maximum absolute atomic E-state index is 6.28. The summed E-state index contributed by atoms with van der Waals surface area (Å²) in [4.78, 5) is 14.4. The Morgan fingerprint density at radius 2 is 1.71 bits per heavy atom. The van der Waals surface area contributed by atoms with E-state index in [0.29, 0.717) is 28.5 Å². The highest BCUT2D eigenvalue weighted by Crippen LogP contribution is 2.31. The second-order valence-corrected chi connectivity index (χ2v) is 9.94. The second-order valence-electron chi connectivity index (χ2n) is 9.13. The van der Waals surface area contributed by atoms with E-state index in [-0.39, 0.29) is 0 Å². The predicted octanol–water partition coefficient (Wildman–Crippen LogP) is 5.37. The monoisotopic (exact) mass is 492 g/mol. The molecule has 2 aromatic carbocycles. The van der Waals surface area contributed by atoms with Gasteiger partial charge in [0.25, 0.3) is 0 Å². The number of hydrogen-bond donors (Lipinski definition) is 2. The Hall–Kier alpha value is -2.90. The topological polar surface area (TPSA) is 56.3 Å². The molecule has 176 valence electrons. The lowest BCUT2D eigenvalue weighted by molar-refractivity contribution is 0.444. The highest BCUT2D eigenvalue weighted by molar-refractivity contribution is 7.80. The number of nitrogens with zero attached hydrogens (tertiary/aromatic N) is 4. The fourth-order valence-electron chi connectivity index (χ4n) is 4.66. The average molecular weight is 493 g/mol. The molecule has 0 aliphatic carbocycles. The molecule has 0 spiro atoms. The molecule has 0 radical (unpaired) electrons. The first kappa shape index (κ1) is 22.9. The first-order valence-corrected chi connectivity index (χ1v) is 12.6. The van der Waals surface area contributed by atoms with Crippen molar-refractivity contribution in [3.05, 3.63) is 76.3 Å². The quantitative estimate of drug-likeness (QED) is 0.464. The van der Waals surface area contributed by atoms with Crippen LogP contribution in [0.2, 0.25) is 5.02 Å². The van der Waals surface area contributed by atoms with Gasteiger partial charge in [-0.2, -0.15) is 9.97 Å². The first-order valence-electron chi connectivity index (χ1n) is 11.8. The number of aromatic nitrogens is 2. The molecule has 2 aliphatic heterocycles. The number of anilines is 3. The second kappa shape index (κ2) is 10.2. The standard InChI is InChI=1S/C26H29ClN6S/c1-18-7-6-12-32(15-18)23-13-24(33-16-20-9-2-3-10-21(20)17-33)30-25(29-23)31-26(34)28-14-19-8-4-5-11-22(19)27/h2-5,8-11,13,18H,6-7,12,14-17H2,1H3,(H2,28,29,30,31,34)/t18-/m0/s1. The molecule has 8 heteroatoms. The van der Waals surface area contributed by atoms with E-state index >= 15 is 0 Å². The molecular weight excluding hydrogens is 464 g/mol. The Morgan fingerprint density at radius 1 is 1.03 bits per heavy atom. The number of thiocarbonyl (C=S) groups is 1. The van der Waals surface area contributed by atoms with Crippen LogP contribution in [0.25, 0.3) is 0 Å². The summed E-state index contributed by atoms with van der Waals surface area (Å²) < 4.78 is 0. The van der Waals surface area contributed by atoms with Crippen LogP contribution in [-0.2, 0) is 19.6 Å². The Labute approximate surface area is 211 Å². The van der Waals surface area contributed by atoms with E-state index in [4.69, 9.17) is 33.8 Å². The molecule has 1 aromatic heterocycles. The van der Waals surface area contributed by atoms with E-state index in [2.05, 4.69) is 57.7 Å². The van der Waals surface area contributed by atoms with Crippen LogP contribution in [0.3, 0.4) is 0 Å². The Kier molecular flexibility index (Phi) is 6.83. The van der Waals surface area contributed by atoms with Crippen molar-refractivity contribution >= 4 is 46.5 Å². The molecule has 34 heavy (non-hydrogen) atoms. The van der Waals surface area contributed by atoms with Crippen LogP contribution in [0.5, 0.6) is 0 Å². The van der Waals surface area contributed by atoms with Gasteiger partial charge in [-0.3, -0.25) is 0 Å². The number of hydrogen-bond acceptors (Lipinski definition) is 5. The Bertz CT molecular complexity index is 1160. The highest BCUT2D eigenvalue weighted by Gasteiger charge is 2.24. The maximum Gasteiger partial charge on any atom is 0.232 e. The van der Waals surface area contributed by atoms with Crippen molar-refractivity contribution in [2.75, 3.05) is 28.2 Å². The van der Waals surface area contributed by atoms with E-state index in [1.807, 2.05) is 24.3 Å². The molecule has 1 saturated heterocycles. The molecule has 2 aliphatic rings. The van der Waals surface area contributed by atoms with Crippen molar-refractivity contribution < 1.29 is 0 Å². The van der Waals surface area contributed by atoms with Crippen LogP contribution >= 0.6 is 23.8 Å². The van der Waals surface area contributed by atoms with Crippen LogP contribution < -0.4 is 20.4 Å². The zero-order valence-electron chi connectivity index (χ0n) is 19.3. The molecule has 5 rings (SSSR count). The van der Waals surface area contributed by atoms with Crippen molar-refractivity contribution in [3.8, 4) is 0 Å². The fourth-order valence-corrected chi connectivity index (χ4v) is 5.02. The molecule has 0 amide bonds. The lowest BCUT2D eigenvalue weighted by atomic mass is 10.0. The fraction of sp³-hybridized carbons (Fsp3) is 0.346. The molecule has 0 bridgehead atoms. The third kappa shape index (κ3) is 5.26. The van der Waals surface area contributed by atoms with Crippen LogP contribution in [0.15, 0.2) is 54.6 Å². The van der Waals surface area contributed by atoms with Crippen LogP contribution in [0.4, 0.5) is 17.6 Å². The van der Waals surface area contributed by atoms with E-state index in [1.54, 1.807) is 0 Å². The average Bonchev–Trinajstić information content (AvgIpc) is 3.28. The van der Waals surface area contributed by atoms with Gasteiger partial charge in [-0.05, 0) is 53.7 Å². The molecule has 6 nitrogen and oxygen atoms in total. The summed E-state index contributed by atoms with van der Waals surface area (Å²) in [6.07, 6.45) is 2.44. The van der Waals surface area contributed by atoms with Crippen molar-refractivity contribution in [2.45, 2.75) is 39.4 Å². The minimum atomic E-state index is 0.472. The first-order chi connectivity index (χ1) is 16.5. The van der Waals surface area contributed by atoms with Crippen molar-refractivity contribution in [3.63, 3.8) is 0 Å². The molecule has 3 aromatic rings. The normalized spacial score (nSPS) is 17.4. The van der Waals surface area contributed by atoms with Crippen LogP contribution in [0.1, 0.15) is 36.5 Å². The molecule has 2 N–H and O–H groups in total. The Morgan fingerprint density at radius 3 is 2.41 bits per heavy atom. The summed E-state index contributed by atoms with van der Waals surface area (Å²) in [6, 6.07) is 18.4. The summed E-state index contributed by atoms with van der Waals surface area (Å²) in [5.41, 5.74) is 3.68.